The zero-order valence-electron chi connectivity index (χ0n) is 11.7. The van der Waals surface area contributed by atoms with E-state index in [0.29, 0.717) is 17.3 Å². The van der Waals surface area contributed by atoms with Crippen LogP contribution >= 0.6 is 0 Å². The van der Waals surface area contributed by atoms with Gasteiger partial charge in [-0.25, -0.2) is 0 Å². The van der Waals surface area contributed by atoms with Gasteiger partial charge in [0.1, 0.15) is 11.4 Å². The van der Waals surface area contributed by atoms with Gasteiger partial charge in [-0.15, -0.1) is 0 Å². The number of nitrogens with one attached hydrogen (secondary N) is 2. The van der Waals surface area contributed by atoms with E-state index < -0.39 is 0 Å². The number of anilines is 2. The fraction of sp³-hybridized carbons (Fsp3) is 0.250. The van der Waals surface area contributed by atoms with Crippen molar-refractivity contribution in [3.05, 3.63) is 64.2 Å². The summed E-state index contributed by atoms with van der Waals surface area (Å²) in [5.74, 6) is 0.434. The third kappa shape index (κ3) is 2.67. The number of nitro benzene ring substituents is 1. The predicted octanol–water partition coefficient (Wildman–Crippen LogP) is 3.60. The van der Waals surface area contributed by atoms with Crippen molar-refractivity contribution in [1.29, 1.82) is 0 Å². The van der Waals surface area contributed by atoms with Gasteiger partial charge in [0.2, 0.25) is 0 Å². The Labute approximate surface area is 123 Å². The lowest BCUT2D eigenvalue weighted by atomic mass is 10.1. The Balaban J connectivity index is 1.79. The molecule has 1 aliphatic carbocycles. The van der Waals surface area contributed by atoms with Gasteiger partial charge in [-0.05, 0) is 24.1 Å². The maximum absolute atomic E-state index is 11.3. The van der Waals surface area contributed by atoms with Crippen LogP contribution in [-0.4, -0.2) is 18.0 Å². The van der Waals surface area contributed by atoms with Crippen LogP contribution < -0.4 is 10.6 Å². The molecule has 0 amide bonds. The second-order valence-electron chi connectivity index (χ2n) is 5.21. The summed E-state index contributed by atoms with van der Waals surface area (Å²) in [6.07, 6.45) is 1.00. The molecular formula is C16H17N3O2. The van der Waals surface area contributed by atoms with Crippen molar-refractivity contribution in [1.82, 2.24) is 0 Å². The first-order chi connectivity index (χ1) is 10.2. The number of nitrogens with zero attached hydrogens (tertiary/aromatic N) is 1. The van der Waals surface area contributed by atoms with Gasteiger partial charge >= 0.3 is 5.69 Å². The molecule has 1 aliphatic rings. The maximum atomic E-state index is 11.3. The molecule has 2 unspecified atom stereocenters. The van der Waals surface area contributed by atoms with Crippen molar-refractivity contribution in [2.45, 2.75) is 18.4 Å². The van der Waals surface area contributed by atoms with Crippen molar-refractivity contribution in [3.8, 4) is 0 Å². The van der Waals surface area contributed by atoms with E-state index in [1.807, 2.05) is 24.3 Å². The number of nitro groups is 1. The van der Waals surface area contributed by atoms with E-state index >= 15 is 0 Å². The Morgan fingerprint density at radius 1 is 1.10 bits per heavy atom. The van der Waals surface area contributed by atoms with Crippen molar-refractivity contribution in [3.63, 3.8) is 0 Å². The molecule has 5 nitrogen and oxygen atoms in total. The highest BCUT2D eigenvalue weighted by atomic mass is 16.6. The minimum Gasteiger partial charge on any atom is -0.382 e. The molecule has 0 aliphatic heterocycles. The van der Waals surface area contributed by atoms with Crippen LogP contribution in [0.15, 0.2) is 48.5 Å². The Hall–Kier alpha value is -2.56. The SMILES string of the molecule is CNc1cccc(NC2CC2c2ccccc2)c1[N+](=O)[O-]. The summed E-state index contributed by atoms with van der Waals surface area (Å²) in [5.41, 5.74) is 2.50. The second-order valence-corrected chi connectivity index (χ2v) is 5.21. The highest BCUT2D eigenvalue weighted by molar-refractivity contribution is 5.76. The molecule has 0 saturated heterocycles. The highest BCUT2D eigenvalue weighted by Gasteiger charge is 2.39. The molecule has 0 aromatic heterocycles. The molecular weight excluding hydrogens is 266 g/mol. The summed E-state index contributed by atoms with van der Waals surface area (Å²) in [7, 11) is 1.69. The quantitative estimate of drug-likeness (QED) is 0.650. The summed E-state index contributed by atoms with van der Waals surface area (Å²) >= 11 is 0. The van der Waals surface area contributed by atoms with Crippen LogP contribution in [0.3, 0.4) is 0 Å². The average molecular weight is 283 g/mol. The molecule has 5 heteroatoms. The molecule has 2 aromatic carbocycles. The zero-order valence-corrected chi connectivity index (χ0v) is 11.7. The van der Waals surface area contributed by atoms with Gasteiger partial charge in [-0.2, -0.15) is 0 Å². The number of hydrogen-bond donors (Lipinski definition) is 2. The lowest BCUT2D eigenvalue weighted by molar-refractivity contribution is -0.383. The fourth-order valence-electron chi connectivity index (χ4n) is 2.68. The normalized spacial score (nSPS) is 19.9. The first-order valence-electron chi connectivity index (χ1n) is 6.97. The van der Waals surface area contributed by atoms with E-state index in [2.05, 4.69) is 22.8 Å². The molecule has 2 aromatic rings. The van der Waals surface area contributed by atoms with Crippen LogP contribution in [-0.2, 0) is 0 Å². The van der Waals surface area contributed by atoms with Crippen molar-refractivity contribution >= 4 is 17.1 Å². The number of para-hydroxylation sites is 1. The van der Waals surface area contributed by atoms with Crippen molar-refractivity contribution in [2.75, 3.05) is 17.7 Å². The minimum atomic E-state index is -0.339. The van der Waals surface area contributed by atoms with Gasteiger partial charge in [-0.3, -0.25) is 10.1 Å². The number of benzene rings is 2. The molecule has 3 rings (SSSR count). The molecule has 0 bridgehead atoms. The molecule has 1 saturated carbocycles. The average Bonchev–Trinajstić information content (AvgIpc) is 3.26. The molecule has 21 heavy (non-hydrogen) atoms. The van der Waals surface area contributed by atoms with Crippen LogP contribution in [0.1, 0.15) is 17.9 Å². The molecule has 2 atom stereocenters. The van der Waals surface area contributed by atoms with Gasteiger partial charge in [0, 0.05) is 19.0 Å². The second kappa shape index (κ2) is 5.44. The summed E-state index contributed by atoms with van der Waals surface area (Å²) in [5, 5.41) is 17.5. The largest absolute Gasteiger partial charge is 0.382 e. The topological polar surface area (TPSA) is 67.2 Å². The third-order valence-corrected chi connectivity index (χ3v) is 3.85. The van der Waals surface area contributed by atoms with E-state index in [9.17, 15) is 10.1 Å². The first-order valence-corrected chi connectivity index (χ1v) is 6.97. The van der Waals surface area contributed by atoms with E-state index in [1.54, 1.807) is 19.2 Å². The highest BCUT2D eigenvalue weighted by Crippen LogP contribution is 2.44. The van der Waals surface area contributed by atoms with Gasteiger partial charge in [0.25, 0.3) is 0 Å². The smallest absolute Gasteiger partial charge is 0.315 e. The molecule has 1 fully saturated rings. The van der Waals surface area contributed by atoms with Gasteiger partial charge in [-0.1, -0.05) is 36.4 Å². The molecule has 2 N–H and O–H groups in total. The molecule has 0 spiro atoms. The molecule has 108 valence electrons. The van der Waals surface area contributed by atoms with Crippen molar-refractivity contribution in [2.24, 2.45) is 0 Å². The zero-order chi connectivity index (χ0) is 14.8. The summed E-state index contributed by atoms with van der Waals surface area (Å²) < 4.78 is 0. The van der Waals surface area contributed by atoms with Crippen molar-refractivity contribution < 1.29 is 4.92 Å². The number of rotatable bonds is 5. The Bertz CT molecular complexity index is 658. The number of hydrogen-bond acceptors (Lipinski definition) is 4. The Kier molecular flexibility index (Phi) is 3.48. The third-order valence-electron chi connectivity index (χ3n) is 3.85. The molecule has 0 radical (unpaired) electrons. The lowest BCUT2D eigenvalue weighted by Gasteiger charge is -2.10. The van der Waals surface area contributed by atoms with Crippen LogP contribution in [0.2, 0.25) is 0 Å². The minimum absolute atomic E-state index is 0.110. The lowest BCUT2D eigenvalue weighted by Crippen LogP contribution is -2.08. The van der Waals surface area contributed by atoms with Crippen LogP contribution in [0.5, 0.6) is 0 Å². The van der Waals surface area contributed by atoms with Crippen LogP contribution in [0.4, 0.5) is 17.1 Å². The van der Waals surface area contributed by atoms with Gasteiger partial charge < -0.3 is 10.6 Å². The maximum Gasteiger partial charge on any atom is 0.315 e. The summed E-state index contributed by atoms with van der Waals surface area (Å²) in [6.45, 7) is 0. The van der Waals surface area contributed by atoms with Gasteiger partial charge in [0.05, 0.1) is 4.92 Å². The van der Waals surface area contributed by atoms with E-state index in [0.717, 1.165) is 6.42 Å². The van der Waals surface area contributed by atoms with E-state index in [1.165, 1.54) is 5.56 Å². The monoisotopic (exact) mass is 283 g/mol. The van der Waals surface area contributed by atoms with Crippen LogP contribution in [0.25, 0.3) is 0 Å². The summed E-state index contributed by atoms with van der Waals surface area (Å²) in [6, 6.07) is 15.8. The standard InChI is InChI=1S/C16H17N3O2/c1-17-13-8-5-9-14(16(13)19(20)21)18-15-10-12(15)11-6-3-2-4-7-11/h2-9,12,15,17-18H,10H2,1H3. The molecule has 0 heterocycles. The van der Waals surface area contributed by atoms with Crippen LogP contribution in [0, 0.1) is 10.1 Å². The first kappa shape index (κ1) is 13.4. The predicted molar refractivity (Wildman–Crippen MR) is 83.9 cm³/mol. The Morgan fingerprint density at radius 2 is 1.81 bits per heavy atom. The van der Waals surface area contributed by atoms with Gasteiger partial charge in [0.15, 0.2) is 0 Å². The fourth-order valence-corrected chi connectivity index (χ4v) is 2.68. The van der Waals surface area contributed by atoms with E-state index in [-0.39, 0.29) is 16.7 Å². The summed E-state index contributed by atoms with van der Waals surface area (Å²) in [4.78, 5) is 10.9. The Morgan fingerprint density at radius 3 is 2.48 bits per heavy atom. The van der Waals surface area contributed by atoms with E-state index in [4.69, 9.17) is 0 Å².